The van der Waals surface area contributed by atoms with Gasteiger partial charge in [-0.2, -0.15) is 0 Å². The second kappa shape index (κ2) is 9.03. The summed E-state index contributed by atoms with van der Waals surface area (Å²) >= 11 is 1.25. The summed E-state index contributed by atoms with van der Waals surface area (Å²) in [5.41, 5.74) is 1.21. The van der Waals surface area contributed by atoms with E-state index in [1.165, 1.54) is 11.3 Å². The number of carboxylic acid groups (broad SMARTS) is 1. The van der Waals surface area contributed by atoms with Crippen molar-refractivity contribution >= 4 is 23.2 Å². The first-order valence-corrected chi connectivity index (χ1v) is 8.60. The highest BCUT2D eigenvalue weighted by molar-refractivity contribution is 7.09. The largest absolute Gasteiger partial charge is 0.550 e. The van der Waals surface area contributed by atoms with Crippen LogP contribution in [0.1, 0.15) is 23.2 Å². The molecule has 0 aliphatic rings. The molecule has 25 heavy (non-hydrogen) atoms. The number of para-hydroxylation sites is 1. The lowest BCUT2D eigenvalue weighted by molar-refractivity contribution is -0.304. The molecule has 2 aromatic rings. The maximum Gasteiger partial charge on any atom is 0.227 e. The fourth-order valence-electron chi connectivity index (χ4n) is 2.22. The molecule has 0 radical (unpaired) electrons. The highest BCUT2D eigenvalue weighted by atomic mass is 32.1. The summed E-state index contributed by atoms with van der Waals surface area (Å²) in [6.07, 6.45) is -0.161. The maximum absolute atomic E-state index is 12.1. The van der Waals surface area contributed by atoms with Crippen molar-refractivity contribution in [3.63, 3.8) is 0 Å². The van der Waals surface area contributed by atoms with E-state index in [4.69, 9.17) is 9.47 Å². The number of nitrogens with zero attached hydrogens (tertiary/aromatic N) is 1. The molecule has 1 aromatic heterocycles. The topological polar surface area (TPSA) is 101 Å². The van der Waals surface area contributed by atoms with Gasteiger partial charge in [0.15, 0.2) is 11.5 Å². The molecule has 1 aromatic carbocycles. The molecule has 1 N–H and O–H groups in total. The van der Waals surface area contributed by atoms with Crippen molar-refractivity contribution in [3.8, 4) is 11.5 Å². The van der Waals surface area contributed by atoms with E-state index in [1.54, 1.807) is 18.6 Å². The molecule has 1 heterocycles. The monoisotopic (exact) mass is 363 g/mol. The highest BCUT2D eigenvalue weighted by Crippen LogP contribution is 2.31. The molecule has 0 fully saturated rings. The average molecular weight is 363 g/mol. The first-order valence-electron chi connectivity index (χ1n) is 7.72. The highest BCUT2D eigenvalue weighted by Gasteiger charge is 2.12. The van der Waals surface area contributed by atoms with Crippen LogP contribution in [-0.4, -0.2) is 30.6 Å². The number of ether oxygens (including phenoxy) is 2. The van der Waals surface area contributed by atoms with Gasteiger partial charge in [0.1, 0.15) is 5.01 Å². The summed E-state index contributed by atoms with van der Waals surface area (Å²) in [6, 6.07) is 5.48. The quantitative estimate of drug-likeness (QED) is 0.704. The first kappa shape index (κ1) is 18.7. The van der Waals surface area contributed by atoms with Gasteiger partial charge in [-0.05, 0) is 13.0 Å². The van der Waals surface area contributed by atoms with Crippen LogP contribution in [-0.2, 0) is 29.0 Å². The van der Waals surface area contributed by atoms with Crippen LogP contribution >= 0.6 is 11.3 Å². The van der Waals surface area contributed by atoms with Crippen LogP contribution in [0.5, 0.6) is 11.5 Å². The van der Waals surface area contributed by atoms with Crippen LogP contribution in [0.4, 0.5) is 0 Å². The third kappa shape index (κ3) is 5.46. The van der Waals surface area contributed by atoms with Crippen LogP contribution in [0.2, 0.25) is 0 Å². The van der Waals surface area contributed by atoms with Crippen LogP contribution < -0.4 is 19.9 Å². The molecule has 0 spiro atoms. The van der Waals surface area contributed by atoms with Crippen molar-refractivity contribution in [2.75, 3.05) is 13.7 Å². The van der Waals surface area contributed by atoms with Crippen LogP contribution in [0, 0.1) is 0 Å². The molecule has 8 heteroatoms. The van der Waals surface area contributed by atoms with E-state index in [1.807, 2.05) is 19.1 Å². The van der Waals surface area contributed by atoms with Crippen molar-refractivity contribution in [3.05, 3.63) is 39.8 Å². The van der Waals surface area contributed by atoms with Gasteiger partial charge >= 0.3 is 0 Å². The number of aliphatic carboxylic acids is 1. The minimum absolute atomic E-state index is 0.0889. The number of methoxy groups -OCH3 is 1. The number of nitrogens with one attached hydrogen (secondary N) is 1. The van der Waals surface area contributed by atoms with E-state index < -0.39 is 5.97 Å². The second-order valence-electron chi connectivity index (χ2n) is 5.12. The van der Waals surface area contributed by atoms with Crippen LogP contribution in [0.3, 0.4) is 0 Å². The summed E-state index contributed by atoms with van der Waals surface area (Å²) < 4.78 is 10.9. The summed E-state index contributed by atoms with van der Waals surface area (Å²) in [7, 11) is 1.56. The molecule has 1 amide bonds. The Kier molecular flexibility index (Phi) is 6.76. The minimum atomic E-state index is -1.19. The summed E-state index contributed by atoms with van der Waals surface area (Å²) in [6.45, 7) is 2.66. The van der Waals surface area contributed by atoms with Crippen molar-refractivity contribution in [2.45, 2.75) is 26.3 Å². The molecule has 7 nitrogen and oxygen atoms in total. The van der Waals surface area contributed by atoms with E-state index >= 15 is 0 Å². The Morgan fingerprint density at radius 3 is 2.80 bits per heavy atom. The fraction of sp³-hybridized carbons (Fsp3) is 0.353. The van der Waals surface area contributed by atoms with Gasteiger partial charge in [-0.15, -0.1) is 11.3 Å². The van der Waals surface area contributed by atoms with Gasteiger partial charge in [0.05, 0.1) is 25.8 Å². The number of thiazole rings is 1. The van der Waals surface area contributed by atoms with Crippen molar-refractivity contribution in [1.29, 1.82) is 0 Å². The van der Waals surface area contributed by atoms with Gasteiger partial charge in [-0.1, -0.05) is 12.1 Å². The average Bonchev–Trinajstić information content (AvgIpc) is 3.00. The standard InChI is InChI=1S/C17H20N2O5S/c1-3-24-17-11(5-4-6-13(17)23-2)9-18-14(20)8-15-19-12(10-25-15)7-16(21)22/h4-6,10H,3,7-9H2,1-2H3,(H,18,20)(H,21,22)/p-1. The Labute approximate surface area is 149 Å². The van der Waals surface area contributed by atoms with Crippen molar-refractivity contribution < 1.29 is 24.2 Å². The predicted molar refractivity (Wildman–Crippen MR) is 90.5 cm³/mol. The summed E-state index contributed by atoms with van der Waals surface area (Å²) in [5.74, 6) is -0.180. The third-order valence-electron chi connectivity index (χ3n) is 3.28. The Morgan fingerprint density at radius 2 is 2.12 bits per heavy atom. The zero-order valence-corrected chi connectivity index (χ0v) is 14.9. The van der Waals surface area contributed by atoms with Gasteiger partial charge in [0, 0.05) is 29.9 Å². The number of rotatable bonds is 9. The molecule has 0 bridgehead atoms. The SMILES string of the molecule is CCOc1c(CNC(=O)Cc2nc(CC(=O)[O-])cs2)cccc1OC. The predicted octanol–water partition coefficient (Wildman–Crippen LogP) is 0.702. The number of hydrogen-bond acceptors (Lipinski definition) is 7. The van der Waals surface area contributed by atoms with Gasteiger partial charge in [0.25, 0.3) is 0 Å². The molecule has 0 atom stereocenters. The molecule has 0 aliphatic carbocycles. The van der Waals surface area contributed by atoms with Crippen LogP contribution in [0.25, 0.3) is 0 Å². The van der Waals surface area contributed by atoms with E-state index in [-0.39, 0.29) is 18.7 Å². The third-order valence-corrected chi connectivity index (χ3v) is 4.18. The fourth-order valence-corrected chi connectivity index (χ4v) is 3.01. The van der Waals surface area contributed by atoms with E-state index in [9.17, 15) is 14.7 Å². The van der Waals surface area contributed by atoms with Crippen LogP contribution in [0.15, 0.2) is 23.6 Å². The molecule has 0 saturated carbocycles. The smallest absolute Gasteiger partial charge is 0.227 e. The number of aromatic nitrogens is 1. The van der Waals surface area contributed by atoms with Crippen molar-refractivity contribution in [2.24, 2.45) is 0 Å². The normalized spacial score (nSPS) is 10.3. The molecule has 134 valence electrons. The van der Waals surface area contributed by atoms with Gasteiger partial charge < -0.3 is 24.7 Å². The molecule has 0 aliphatic heterocycles. The lowest BCUT2D eigenvalue weighted by Gasteiger charge is -2.14. The van der Waals surface area contributed by atoms with E-state index in [0.717, 1.165) is 5.56 Å². The molecular weight excluding hydrogens is 344 g/mol. The van der Waals surface area contributed by atoms with Gasteiger partial charge in [-0.25, -0.2) is 4.98 Å². The Bertz CT molecular complexity index is 744. The Balaban J connectivity index is 1.96. The zero-order valence-electron chi connectivity index (χ0n) is 14.0. The number of carbonyl (C=O) groups excluding carboxylic acids is 2. The number of carboxylic acids is 1. The first-order chi connectivity index (χ1) is 12.0. The number of amides is 1. The van der Waals surface area contributed by atoms with Gasteiger partial charge in [-0.3, -0.25) is 4.79 Å². The molecular formula is C17H19N2O5S-. The number of benzene rings is 1. The minimum Gasteiger partial charge on any atom is -0.550 e. The van der Waals surface area contributed by atoms with E-state index in [2.05, 4.69) is 10.3 Å². The zero-order chi connectivity index (χ0) is 18.2. The molecule has 0 unspecified atom stereocenters. The lowest BCUT2D eigenvalue weighted by Crippen LogP contribution is -2.25. The summed E-state index contributed by atoms with van der Waals surface area (Å²) in [5, 5.41) is 15.5. The second-order valence-corrected chi connectivity index (χ2v) is 6.06. The Morgan fingerprint density at radius 1 is 1.32 bits per heavy atom. The number of carbonyl (C=O) groups is 2. The maximum atomic E-state index is 12.1. The lowest BCUT2D eigenvalue weighted by atomic mass is 10.2. The Hall–Kier alpha value is -2.61. The molecule has 0 saturated heterocycles. The van der Waals surface area contributed by atoms with Gasteiger partial charge in [0.2, 0.25) is 5.91 Å². The van der Waals surface area contributed by atoms with E-state index in [0.29, 0.717) is 35.4 Å². The molecule has 2 rings (SSSR count). The summed E-state index contributed by atoms with van der Waals surface area (Å²) in [4.78, 5) is 26.8. The number of hydrogen-bond donors (Lipinski definition) is 1. The van der Waals surface area contributed by atoms with Crippen molar-refractivity contribution in [1.82, 2.24) is 10.3 Å².